The fourth-order valence-corrected chi connectivity index (χ4v) is 2.93. The maximum atomic E-state index is 11.3. The molecular weight excluding hydrogens is 168 g/mol. The van der Waals surface area contributed by atoms with E-state index < -0.39 is 0 Å². The van der Waals surface area contributed by atoms with Crippen molar-refractivity contribution in [3.63, 3.8) is 0 Å². The number of rotatable bonds is 2. The van der Waals surface area contributed by atoms with Gasteiger partial charge in [-0.3, -0.25) is 4.79 Å². The van der Waals surface area contributed by atoms with Crippen LogP contribution in [0.25, 0.3) is 0 Å². The molecule has 0 aliphatic heterocycles. The molecule has 0 aromatic carbocycles. The Morgan fingerprint density at radius 2 is 2.08 bits per heavy atom. The van der Waals surface area contributed by atoms with E-state index in [2.05, 4.69) is 0 Å². The molecule has 0 radical (unpaired) electrons. The van der Waals surface area contributed by atoms with Gasteiger partial charge >= 0.3 is 5.97 Å². The van der Waals surface area contributed by atoms with Crippen LogP contribution in [0, 0.1) is 23.7 Å². The fourth-order valence-electron chi connectivity index (χ4n) is 2.93. The van der Waals surface area contributed by atoms with E-state index >= 15 is 0 Å². The van der Waals surface area contributed by atoms with E-state index in [1.54, 1.807) is 0 Å². The Balaban J connectivity index is 2.02. The lowest BCUT2D eigenvalue weighted by molar-refractivity contribution is -0.147. The van der Waals surface area contributed by atoms with Gasteiger partial charge in [-0.05, 0) is 31.1 Å². The molecule has 0 heterocycles. The third kappa shape index (κ3) is 1.26. The molecule has 2 fully saturated rings. The number of ether oxygens (including phenoxy) is 1. The normalized spacial score (nSPS) is 41.9. The fraction of sp³-hybridized carbons (Fsp3) is 0.800. The lowest BCUT2D eigenvalue weighted by atomic mass is 9.83. The predicted octanol–water partition coefficient (Wildman–Crippen LogP) is 1.02. The maximum Gasteiger partial charge on any atom is 0.308 e. The highest BCUT2D eigenvalue weighted by molar-refractivity contribution is 5.73. The van der Waals surface area contributed by atoms with Gasteiger partial charge < -0.3 is 9.53 Å². The van der Waals surface area contributed by atoms with Gasteiger partial charge in [0.05, 0.1) is 13.0 Å². The van der Waals surface area contributed by atoms with Gasteiger partial charge in [-0.25, -0.2) is 0 Å². The van der Waals surface area contributed by atoms with Crippen LogP contribution < -0.4 is 0 Å². The molecule has 2 saturated carbocycles. The summed E-state index contributed by atoms with van der Waals surface area (Å²) in [6, 6.07) is 0. The molecule has 0 aromatic heterocycles. The van der Waals surface area contributed by atoms with Gasteiger partial charge in [0.2, 0.25) is 0 Å². The van der Waals surface area contributed by atoms with Crippen LogP contribution in [-0.2, 0) is 14.3 Å². The number of esters is 1. The van der Waals surface area contributed by atoms with Crippen LogP contribution in [0.15, 0.2) is 0 Å². The third-order valence-corrected chi connectivity index (χ3v) is 3.59. The van der Waals surface area contributed by atoms with Crippen LogP contribution in [-0.4, -0.2) is 19.4 Å². The number of aldehydes is 1. The Morgan fingerprint density at radius 1 is 1.31 bits per heavy atom. The Kier molecular flexibility index (Phi) is 2.10. The molecule has 4 unspecified atom stereocenters. The lowest BCUT2D eigenvalue weighted by Crippen LogP contribution is -2.25. The highest BCUT2D eigenvalue weighted by Gasteiger charge is 2.48. The molecule has 2 rings (SSSR count). The van der Waals surface area contributed by atoms with E-state index in [0.29, 0.717) is 11.8 Å². The van der Waals surface area contributed by atoms with Crippen LogP contribution in [0.5, 0.6) is 0 Å². The SMILES string of the molecule is COC(=O)C1CC2CC1CC2C=O. The van der Waals surface area contributed by atoms with E-state index in [9.17, 15) is 9.59 Å². The Labute approximate surface area is 77.4 Å². The zero-order chi connectivity index (χ0) is 9.42. The van der Waals surface area contributed by atoms with Crippen molar-refractivity contribution in [2.45, 2.75) is 19.3 Å². The standard InChI is InChI=1S/C10H14O3/c1-13-10(12)9-4-6-2-7(9)3-8(6)5-11/h5-9H,2-4H2,1H3. The predicted molar refractivity (Wildman–Crippen MR) is 45.9 cm³/mol. The van der Waals surface area contributed by atoms with Gasteiger partial charge in [-0.15, -0.1) is 0 Å². The molecule has 2 bridgehead atoms. The summed E-state index contributed by atoms with van der Waals surface area (Å²) < 4.78 is 4.73. The number of methoxy groups -OCH3 is 1. The first-order valence-electron chi connectivity index (χ1n) is 4.79. The van der Waals surface area contributed by atoms with Gasteiger partial charge in [0.15, 0.2) is 0 Å². The number of hydrogen-bond acceptors (Lipinski definition) is 3. The lowest BCUT2D eigenvalue weighted by Gasteiger charge is -2.22. The van der Waals surface area contributed by atoms with Gasteiger partial charge in [0, 0.05) is 5.92 Å². The molecule has 72 valence electrons. The van der Waals surface area contributed by atoms with Crippen molar-refractivity contribution in [2.75, 3.05) is 7.11 Å². The summed E-state index contributed by atoms with van der Waals surface area (Å²) in [5.74, 6) is 1.06. The van der Waals surface area contributed by atoms with Crippen LogP contribution in [0.1, 0.15) is 19.3 Å². The van der Waals surface area contributed by atoms with Crippen molar-refractivity contribution in [2.24, 2.45) is 23.7 Å². The Morgan fingerprint density at radius 3 is 2.54 bits per heavy atom. The van der Waals surface area contributed by atoms with Crippen LogP contribution in [0.2, 0.25) is 0 Å². The monoisotopic (exact) mass is 182 g/mol. The topological polar surface area (TPSA) is 43.4 Å². The van der Waals surface area contributed by atoms with E-state index in [1.807, 2.05) is 0 Å². The van der Waals surface area contributed by atoms with E-state index in [4.69, 9.17) is 4.74 Å². The van der Waals surface area contributed by atoms with Crippen LogP contribution in [0.4, 0.5) is 0 Å². The second-order valence-electron chi connectivity index (χ2n) is 4.16. The van der Waals surface area contributed by atoms with Gasteiger partial charge in [-0.2, -0.15) is 0 Å². The molecular formula is C10H14O3. The zero-order valence-electron chi connectivity index (χ0n) is 7.73. The largest absolute Gasteiger partial charge is 0.469 e. The second-order valence-corrected chi connectivity index (χ2v) is 4.16. The molecule has 2 aliphatic carbocycles. The summed E-state index contributed by atoms with van der Waals surface area (Å²) in [6.45, 7) is 0. The summed E-state index contributed by atoms with van der Waals surface area (Å²) in [4.78, 5) is 21.9. The van der Waals surface area contributed by atoms with Crippen molar-refractivity contribution in [1.29, 1.82) is 0 Å². The summed E-state index contributed by atoms with van der Waals surface area (Å²) in [5, 5.41) is 0. The molecule has 4 atom stereocenters. The summed E-state index contributed by atoms with van der Waals surface area (Å²) in [7, 11) is 1.44. The third-order valence-electron chi connectivity index (χ3n) is 3.59. The maximum absolute atomic E-state index is 11.3. The van der Waals surface area contributed by atoms with Crippen LogP contribution >= 0.6 is 0 Å². The second kappa shape index (κ2) is 3.13. The van der Waals surface area contributed by atoms with Crippen molar-refractivity contribution in [1.82, 2.24) is 0 Å². The minimum absolute atomic E-state index is 0.0752. The van der Waals surface area contributed by atoms with Crippen molar-refractivity contribution < 1.29 is 14.3 Å². The molecule has 3 nitrogen and oxygen atoms in total. The molecule has 13 heavy (non-hydrogen) atoms. The average molecular weight is 182 g/mol. The van der Waals surface area contributed by atoms with Crippen molar-refractivity contribution in [3.8, 4) is 0 Å². The number of fused-ring (bicyclic) bond motifs is 2. The van der Waals surface area contributed by atoms with E-state index in [1.165, 1.54) is 7.11 Å². The van der Waals surface area contributed by atoms with Crippen molar-refractivity contribution in [3.05, 3.63) is 0 Å². The molecule has 0 aromatic rings. The van der Waals surface area contributed by atoms with Crippen LogP contribution in [0.3, 0.4) is 0 Å². The Hall–Kier alpha value is -0.860. The molecule has 0 spiro atoms. The zero-order valence-corrected chi connectivity index (χ0v) is 7.73. The first-order chi connectivity index (χ1) is 6.26. The molecule has 0 N–H and O–H groups in total. The molecule has 2 aliphatic rings. The molecule has 0 saturated heterocycles. The Bertz CT molecular complexity index is 236. The molecule has 3 heteroatoms. The molecule has 0 amide bonds. The van der Waals surface area contributed by atoms with Crippen molar-refractivity contribution >= 4 is 12.3 Å². The van der Waals surface area contributed by atoms with Gasteiger partial charge in [0.1, 0.15) is 6.29 Å². The average Bonchev–Trinajstić information content (AvgIpc) is 2.74. The minimum atomic E-state index is -0.0863. The quantitative estimate of drug-likeness (QED) is 0.473. The summed E-state index contributed by atoms with van der Waals surface area (Å²) in [5.41, 5.74) is 0. The summed E-state index contributed by atoms with van der Waals surface area (Å²) >= 11 is 0. The van der Waals surface area contributed by atoms with E-state index in [-0.39, 0.29) is 17.8 Å². The van der Waals surface area contributed by atoms with Gasteiger partial charge in [-0.1, -0.05) is 0 Å². The first-order valence-corrected chi connectivity index (χ1v) is 4.79. The summed E-state index contributed by atoms with van der Waals surface area (Å²) in [6.07, 6.45) is 3.86. The van der Waals surface area contributed by atoms with Gasteiger partial charge in [0.25, 0.3) is 0 Å². The smallest absolute Gasteiger partial charge is 0.308 e. The number of carbonyl (C=O) groups excluding carboxylic acids is 2. The number of carbonyl (C=O) groups is 2. The number of hydrogen-bond donors (Lipinski definition) is 0. The highest BCUT2D eigenvalue weighted by atomic mass is 16.5. The minimum Gasteiger partial charge on any atom is -0.469 e. The first kappa shape index (κ1) is 8.73. The van der Waals surface area contributed by atoms with E-state index in [0.717, 1.165) is 25.5 Å². The highest BCUT2D eigenvalue weighted by Crippen LogP contribution is 2.51.